The van der Waals surface area contributed by atoms with E-state index < -0.39 is 11.4 Å². The number of nitriles is 1. The summed E-state index contributed by atoms with van der Waals surface area (Å²) in [5.74, 6) is -0.261. The van der Waals surface area contributed by atoms with Gasteiger partial charge in [0.05, 0.1) is 11.0 Å². The Morgan fingerprint density at radius 1 is 1.50 bits per heavy atom. The van der Waals surface area contributed by atoms with E-state index in [0.717, 1.165) is 24.1 Å². The van der Waals surface area contributed by atoms with Crippen molar-refractivity contribution in [3.63, 3.8) is 0 Å². The third-order valence-corrected chi connectivity index (χ3v) is 4.07. The molecule has 1 heterocycles. The van der Waals surface area contributed by atoms with Gasteiger partial charge in [-0.2, -0.15) is 5.26 Å². The minimum atomic E-state index is -0.759. The Bertz CT molecular complexity index is 569. The summed E-state index contributed by atoms with van der Waals surface area (Å²) in [7, 11) is 0. The number of rotatable bonds is 4. The number of aliphatic carboxylic acids is 1. The maximum atomic E-state index is 11.5. The topological polar surface area (TPSA) is 86.0 Å². The number of hydrogen-bond acceptors (Lipinski definition) is 4. The quantitative estimate of drug-likeness (QED) is 0.880. The molecule has 1 aromatic heterocycles. The number of carboxylic acid groups (broad SMARTS) is 1. The number of aryl methyl sites for hydroxylation is 2. The zero-order valence-electron chi connectivity index (χ0n) is 11.9. The van der Waals surface area contributed by atoms with E-state index in [1.54, 1.807) is 0 Å². The van der Waals surface area contributed by atoms with Crippen molar-refractivity contribution in [2.75, 3.05) is 11.9 Å². The molecule has 106 valence electrons. The molecule has 1 aromatic rings. The number of anilines is 1. The Morgan fingerprint density at radius 2 is 2.15 bits per heavy atom. The number of aromatic nitrogens is 1. The predicted molar refractivity (Wildman–Crippen MR) is 75.5 cm³/mol. The average molecular weight is 273 g/mol. The zero-order valence-corrected chi connectivity index (χ0v) is 11.9. The van der Waals surface area contributed by atoms with Gasteiger partial charge >= 0.3 is 5.97 Å². The van der Waals surface area contributed by atoms with Gasteiger partial charge in [0.15, 0.2) is 0 Å². The van der Waals surface area contributed by atoms with Gasteiger partial charge in [0.25, 0.3) is 0 Å². The van der Waals surface area contributed by atoms with Gasteiger partial charge in [0.2, 0.25) is 0 Å². The van der Waals surface area contributed by atoms with E-state index in [1.165, 1.54) is 0 Å². The van der Waals surface area contributed by atoms with Gasteiger partial charge in [-0.15, -0.1) is 0 Å². The number of pyridine rings is 1. The Labute approximate surface area is 118 Å². The fraction of sp³-hybridized carbons (Fsp3) is 0.533. The molecule has 2 rings (SSSR count). The summed E-state index contributed by atoms with van der Waals surface area (Å²) in [6.45, 7) is 4.05. The number of nitrogens with zero attached hydrogens (tertiary/aromatic N) is 2. The summed E-state index contributed by atoms with van der Waals surface area (Å²) in [5, 5.41) is 21.8. The minimum absolute atomic E-state index is 0.326. The fourth-order valence-corrected chi connectivity index (χ4v) is 2.88. The van der Waals surface area contributed by atoms with Crippen LogP contribution in [-0.2, 0) is 4.79 Å². The lowest BCUT2D eigenvalue weighted by atomic mass is 9.86. The molecule has 0 atom stereocenters. The van der Waals surface area contributed by atoms with Crippen LogP contribution in [0.1, 0.15) is 42.5 Å². The first-order valence-corrected chi connectivity index (χ1v) is 6.84. The Balaban J connectivity index is 2.23. The molecule has 5 heteroatoms. The highest BCUT2D eigenvalue weighted by Gasteiger charge is 2.41. The van der Waals surface area contributed by atoms with Crippen molar-refractivity contribution in [3.05, 3.63) is 22.9 Å². The van der Waals surface area contributed by atoms with E-state index in [1.807, 2.05) is 19.9 Å². The van der Waals surface area contributed by atoms with Crippen molar-refractivity contribution in [3.8, 4) is 6.07 Å². The Kier molecular flexibility index (Phi) is 3.93. The number of carbonyl (C=O) groups is 1. The summed E-state index contributed by atoms with van der Waals surface area (Å²) in [6.07, 6.45) is 3.25. The molecular formula is C15H19N3O2. The minimum Gasteiger partial charge on any atom is -0.481 e. The molecule has 0 unspecified atom stereocenters. The van der Waals surface area contributed by atoms with Gasteiger partial charge in [-0.1, -0.05) is 12.8 Å². The van der Waals surface area contributed by atoms with Crippen LogP contribution in [0.25, 0.3) is 0 Å². The molecule has 0 radical (unpaired) electrons. The highest BCUT2D eigenvalue weighted by atomic mass is 16.4. The van der Waals surface area contributed by atoms with E-state index in [9.17, 15) is 15.2 Å². The Hall–Kier alpha value is -2.09. The lowest BCUT2D eigenvalue weighted by molar-refractivity contribution is -0.147. The summed E-state index contributed by atoms with van der Waals surface area (Å²) < 4.78 is 0. The molecule has 2 N–H and O–H groups in total. The molecule has 1 aliphatic carbocycles. The molecule has 0 saturated heterocycles. The molecular weight excluding hydrogens is 254 g/mol. The first-order chi connectivity index (χ1) is 9.48. The van der Waals surface area contributed by atoms with Gasteiger partial charge in [0.1, 0.15) is 11.9 Å². The number of nitrogens with one attached hydrogen (secondary N) is 1. The first kappa shape index (κ1) is 14.3. The second-order valence-electron chi connectivity index (χ2n) is 5.56. The molecule has 0 amide bonds. The highest BCUT2D eigenvalue weighted by Crippen LogP contribution is 2.38. The molecule has 1 fully saturated rings. The van der Waals surface area contributed by atoms with Crippen LogP contribution in [0.4, 0.5) is 5.82 Å². The van der Waals surface area contributed by atoms with Crippen molar-refractivity contribution >= 4 is 11.8 Å². The van der Waals surface area contributed by atoms with Gasteiger partial charge in [-0.25, -0.2) is 4.98 Å². The summed E-state index contributed by atoms with van der Waals surface area (Å²) in [4.78, 5) is 15.8. The SMILES string of the molecule is Cc1cc(C)c(C#N)c(NCC2(C(=O)O)CCCC2)n1. The molecule has 0 spiro atoms. The average Bonchev–Trinajstić information content (AvgIpc) is 2.86. The van der Waals surface area contributed by atoms with Crippen molar-refractivity contribution in [1.82, 2.24) is 4.98 Å². The zero-order chi connectivity index (χ0) is 14.8. The van der Waals surface area contributed by atoms with Gasteiger partial charge < -0.3 is 10.4 Å². The summed E-state index contributed by atoms with van der Waals surface area (Å²) in [5.41, 5.74) is 1.46. The molecule has 0 aromatic carbocycles. The molecule has 0 aliphatic heterocycles. The monoisotopic (exact) mass is 273 g/mol. The summed E-state index contributed by atoms with van der Waals surface area (Å²) >= 11 is 0. The van der Waals surface area contributed by atoms with Crippen LogP contribution in [-0.4, -0.2) is 22.6 Å². The van der Waals surface area contributed by atoms with E-state index in [-0.39, 0.29) is 0 Å². The largest absolute Gasteiger partial charge is 0.481 e. The lowest BCUT2D eigenvalue weighted by Crippen LogP contribution is -2.35. The van der Waals surface area contributed by atoms with Gasteiger partial charge in [-0.3, -0.25) is 4.79 Å². The molecule has 5 nitrogen and oxygen atoms in total. The smallest absolute Gasteiger partial charge is 0.311 e. The molecule has 1 aliphatic rings. The standard InChI is InChI=1S/C15H19N3O2/c1-10-7-11(2)18-13(12(10)8-16)17-9-15(14(19)20)5-3-4-6-15/h7H,3-6,9H2,1-2H3,(H,17,18)(H,19,20). The normalized spacial score (nSPS) is 16.6. The van der Waals surface area contributed by atoms with E-state index >= 15 is 0 Å². The van der Waals surface area contributed by atoms with Crippen molar-refractivity contribution < 1.29 is 9.90 Å². The third-order valence-electron chi connectivity index (χ3n) is 4.07. The van der Waals surface area contributed by atoms with Crippen LogP contribution in [0, 0.1) is 30.6 Å². The van der Waals surface area contributed by atoms with Crippen molar-refractivity contribution in [2.45, 2.75) is 39.5 Å². The third kappa shape index (κ3) is 2.60. The van der Waals surface area contributed by atoms with Crippen LogP contribution < -0.4 is 5.32 Å². The summed E-state index contributed by atoms with van der Waals surface area (Å²) in [6, 6.07) is 3.99. The van der Waals surface area contributed by atoms with E-state index in [0.29, 0.717) is 30.8 Å². The van der Waals surface area contributed by atoms with Crippen molar-refractivity contribution in [2.24, 2.45) is 5.41 Å². The second kappa shape index (κ2) is 5.49. The number of carboxylic acids is 1. The molecule has 20 heavy (non-hydrogen) atoms. The Morgan fingerprint density at radius 3 is 2.70 bits per heavy atom. The van der Waals surface area contributed by atoms with Crippen LogP contribution in [0.2, 0.25) is 0 Å². The maximum Gasteiger partial charge on any atom is 0.311 e. The lowest BCUT2D eigenvalue weighted by Gasteiger charge is -2.24. The maximum absolute atomic E-state index is 11.5. The fourth-order valence-electron chi connectivity index (χ4n) is 2.88. The van der Waals surface area contributed by atoms with Crippen molar-refractivity contribution in [1.29, 1.82) is 5.26 Å². The van der Waals surface area contributed by atoms with Gasteiger partial charge in [-0.05, 0) is 38.3 Å². The van der Waals surface area contributed by atoms with E-state index in [2.05, 4.69) is 16.4 Å². The second-order valence-corrected chi connectivity index (χ2v) is 5.56. The van der Waals surface area contributed by atoms with Crippen LogP contribution in [0.15, 0.2) is 6.07 Å². The van der Waals surface area contributed by atoms with Crippen LogP contribution in [0.3, 0.4) is 0 Å². The van der Waals surface area contributed by atoms with Crippen LogP contribution >= 0.6 is 0 Å². The number of hydrogen-bond donors (Lipinski definition) is 2. The van der Waals surface area contributed by atoms with Crippen LogP contribution in [0.5, 0.6) is 0 Å². The highest BCUT2D eigenvalue weighted by molar-refractivity contribution is 5.76. The predicted octanol–water partition coefficient (Wildman–Crippen LogP) is 2.63. The molecule has 1 saturated carbocycles. The first-order valence-electron chi connectivity index (χ1n) is 6.84. The van der Waals surface area contributed by atoms with E-state index in [4.69, 9.17) is 0 Å². The molecule has 0 bridgehead atoms. The van der Waals surface area contributed by atoms with Gasteiger partial charge in [0, 0.05) is 12.2 Å².